The van der Waals surface area contributed by atoms with Gasteiger partial charge in [0.25, 0.3) is 0 Å². The Morgan fingerprint density at radius 2 is 2.15 bits per heavy atom. The van der Waals surface area contributed by atoms with Gasteiger partial charge in [-0.1, -0.05) is 38.1 Å². The molecule has 20 heavy (non-hydrogen) atoms. The summed E-state index contributed by atoms with van der Waals surface area (Å²) in [5.74, 6) is 0.853. The van der Waals surface area contributed by atoms with Crippen LogP contribution in [0.4, 0.5) is 0 Å². The summed E-state index contributed by atoms with van der Waals surface area (Å²) in [5, 5.41) is 8.00. The highest BCUT2D eigenvalue weighted by Gasteiger charge is 2.35. The summed E-state index contributed by atoms with van der Waals surface area (Å²) in [4.78, 5) is 4.29. The molecule has 1 atom stereocenters. The lowest BCUT2D eigenvalue weighted by Crippen LogP contribution is -2.38. The normalized spacial score (nSPS) is 20.6. The molecule has 0 aliphatic heterocycles. The van der Waals surface area contributed by atoms with Crippen molar-refractivity contribution in [1.82, 2.24) is 20.1 Å². The van der Waals surface area contributed by atoms with Crippen molar-refractivity contribution in [2.75, 3.05) is 0 Å². The maximum Gasteiger partial charge on any atom is 0.164 e. The molecule has 106 valence electrons. The van der Waals surface area contributed by atoms with Crippen LogP contribution >= 0.6 is 0 Å². The van der Waals surface area contributed by atoms with Crippen molar-refractivity contribution < 1.29 is 0 Å². The van der Waals surface area contributed by atoms with Crippen molar-refractivity contribution >= 4 is 0 Å². The van der Waals surface area contributed by atoms with E-state index in [-0.39, 0.29) is 5.41 Å². The van der Waals surface area contributed by atoms with E-state index in [0.717, 1.165) is 5.82 Å². The van der Waals surface area contributed by atoms with Gasteiger partial charge in [-0.15, -0.1) is 0 Å². The molecule has 4 heteroatoms. The standard InChI is InChI=1S/C16H22N4/c1-16(2)9-8-12-6-4-5-7-13(12)15(16)17-10-14-18-11-20(3)19-14/h4-7,11,15,17H,8-10H2,1-3H3. The van der Waals surface area contributed by atoms with Crippen LogP contribution in [0, 0.1) is 5.41 Å². The molecule has 1 N–H and O–H groups in total. The molecule has 4 nitrogen and oxygen atoms in total. The summed E-state index contributed by atoms with van der Waals surface area (Å²) in [6, 6.07) is 9.12. The van der Waals surface area contributed by atoms with Crippen LogP contribution in [-0.2, 0) is 20.0 Å². The number of benzene rings is 1. The van der Waals surface area contributed by atoms with Crippen LogP contribution < -0.4 is 5.32 Å². The molecule has 3 rings (SSSR count). The number of aryl methyl sites for hydroxylation is 2. The summed E-state index contributed by atoms with van der Waals surface area (Å²) >= 11 is 0. The van der Waals surface area contributed by atoms with Gasteiger partial charge in [0, 0.05) is 13.1 Å². The summed E-state index contributed by atoms with van der Waals surface area (Å²) in [7, 11) is 1.90. The van der Waals surface area contributed by atoms with Crippen LogP contribution in [0.25, 0.3) is 0 Å². The Morgan fingerprint density at radius 3 is 2.90 bits per heavy atom. The molecule has 0 radical (unpaired) electrons. The first-order chi connectivity index (χ1) is 9.56. The molecular weight excluding hydrogens is 248 g/mol. The van der Waals surface area contributed by atoms with Crippen molar-refractivity contribution in [3.8, 4) is 0 Å². The second kappa shape index (κ2) is 5.02. The smallest absolute Gasteiger partial charge is 0.164 e. The molecule has 0 bridgehead atoms. The average Bonchev–Trinajstić information content (AvgIpc) is 2.83. The van der Waals surface area contributed by atoms with Crippen molar-refractivity contribution in [3.63, 3.8) is 0 Å². The second-order valence-corrected chi connectivity index (χ2v) is 6.34. The van der Waals surface area contributed by atoms with Gasteiger partial charge in [-0.05, 0) is 29.4 Å². The van der Waals surface area contributed by atoms with E-state index in [1.807, 2.05) is 7.05 Å². The van der Waals surface area contributed by atoms with Gasteiger partial charge < -0.3 is 5.32 Å². The average molecular weight is 270 g/mol. The van der Waals surface area contributed by atoms with Gasteiger partial charge in [0.1, 0.15) is 6.33 Å². The van der Waals surface area contributed by atoms with Gasteiger partial charge in [0.15, 0.2) is 5.82 Å². The molecular formula is C16H22N4. The minimum absolute atomic E-state index is 0.253. The van der Waals surface area contributed by atoms with E-state index in [0.29, 0.717) is 12.6 Å². The van der Waals surface area contributed by atoms with Crippen LogP contribution in [0.2, 0.25) is 0 Å². The van der Waals surface area contributed by atoms with Crippen molar-refractivity contribution in [2.24, 2.45) is 12.5 Å². The Balaban J connectivity index is 1.82. The predicted octanol–water partition coefficient (Wildman–Crippen LogP) is 2.62. The fourth-order valence-electron chi connectivity index (χ4n) is 3.11. The fraction of sp³-hybridized carbons (Fsp3) is 0.500. The van der Waals surface area contributed by atoms with Crippen molar-refractivity contribution in [2.45, 2.75) is 39.3 Å². The zero-order valence-corrected chi connectivity index (χ0v) is 12.4. The Morgan fingerprint density at radius 1 is 1.35 bits per heavy atom. The molecule has 0 saturated carbocycles. The molecule has 0 spiro atoms. The van der Waals surface area contributed by atoms with Crippen molar-refractivity contribution in [1.29, 1.82) is 0 Å². The van der Waals surface area contributed by atoms with Gasteiger partial charge in [0.05, 0.1) is 6.54 Å². The van der Waals surface area contributed by atoms with E-state index in [2.05, 4.69) is 53.5 Å². The number of rotatable bonds is 3. The summed E-state index contributed by atoms with van der Waals surface area (Å²) in [6.45, 7) is 5.39. The molecule has 1 aromatic carbocycles. The van der Waals surface area contributed by atoms with Gasteiger partial charge in [0.2, 0.25) is 0 Å². The first-order valence-electron chi connectivity index (χ1n) is 7.22. The van der Waals surface area contributed by atoms with Gasteiger partial charge >= 0.3 is 0 Å². The first kappa shape index (κ1) is 13.3. The summed E-state index contributed by atoms with van der Waals surface area (Å²) in [6.07, 6.45) is 4.12. The zero-order valence-electron chi connectivity index (χ0n) is 12.4. The Kier molecular flexibility index (Phi) is 3.34. The van der Waals surface area contributed by atoms with Crippen LogP contribution in [0.1, 0.15) is 43.3 Å². The topological polar surface area (TPSA) is 42.7 Å². The molecule has 1 heterocycles. The fourth-order valence-corrected chi connectivity index (χ4v) is 3.11. The Bertz CT molecular complexity index is 600. The Labute approximate surface area is 120 Å². The third-order valence-electron chi connectivity index (χ3n) is 4.30. The predicted molar refractivity (Wildman–Crippen MR) is 79.1 cm³/mol. The molecule has 0 saturated heterocycles. The number of aromatic nitrogens is 3. The van der Waals surface area contributed by atoms with E-state index in [1.54, 1.807) is 11.0 Å². The number of nitrogens with one attached hydrogen (secondary N) is 1. The maximum atomic E-state index is 4.34. The highest BCUT2D eigenvalue weighted by molar-refractivity contribution is 5.34. The quantitative estimate of drug-likeness (QED) is 0.932. The minimum Gasteiger partial charge on any atom is -0.302 e. The lowest BCUT2D eigenvalue weighted by molar-refractivity contribution is 0.207. The number of fused-ring (bicyclic) bond motifs is 1. The molecule has 0 amide bonds. The Hall–Kier alpha value is -1.68. The highest BCUT2D eigenvalue weighted by atomic mass is 15.3. The van der Waals surface area contributed by atoms with Crippen LogP contribution in [-0.4, -0.2) is 14.8 Å². The lowest BCUT2D eigenvalue weighted by Gasteiger charge is -2.40. The van der Waals surface area contributed by atoms with E-state index in [9.17, 15) is 0 Å². The van der Waals surface area contributed by atoms with E-state index in [1.165, 1.54) is 24.0 Å². The third kappa shape index (κ3) is 2.48. The number of nitrogens with zero attached hydrogens (tertiary/aromatic N) is 3. The van der Waals surface area contributed by atoms with Crippen molar-refractivity contribution in [3.05, 3.63) is 47.5 Å². The molecule has 2 aromatic rings. The molecule has 0 fully saturated rings. The minimum atomic E-state index is 0.253. The van der Waals surface area contributed by atoms with Crippen LogP contribution in [0.15, 0.2) is 30.6 Å². The van der Waals surface area contributed by atoms with Gasteiger partial charge in [-0.2, -0.15) is 5.10 Å². The monoisotopic (exact) mass is 270 g/mol. The summed E-state index contributed by atoms with van der Waals surface area (Å²) < 4.78 is 1.75. The van der Waals surface area contributed by atoms with E-state index < -0.39 is 0 Å². The maximum absolute atomic E-state index is 4.34. The molecule has 1 aliphatic rings. The van der Waals surface area contributed by atoms with Gasteiger partial charge in [-0.25, -0.2) is 4.98 Å². The SMILES string of the molecule is Cn1cnc(CNC2c3ccccc3CCC2(C)C)n1. The summed E-state index contributed by atoms with van der Waals surface area (Å²) in [5.41, 5.74) is 3.15. The van der Waals surface area contributed by atoms with Crippen LogP contribution in [0.5, 0.6) is 0 Å². The number of hydrogen-bond acceptors (Lipinski definition) is 3. The zero-order chi connectivity index (χ0) is 14.2. The molecule has 1 unspecified atom stereocenters. The molecule has 1 aliphatic carbocycles. The largest absolute Gasteiger partial charge is 0.302 e. The van der Waals surface area contributed by atoms with E-state index in [4.69, 9.17) is 0 Å². The third-order valence-corrected chi connectivity index (χ3v) is 4.30. The molecule has 1 aromatic heterocycles. The lowest BCUT2D eigenvalue weighted by atomic mass is 9.70. The first-order valence-corrected chi connectivity index (χ1v) is 7.22. The number of hydrogen-bond donors (Lipinski definition) is 1. The van der Waals surface area contributed by atoms with E-state index >= 15 is 0 Å². The highest BCUT2D eigenvalue weighted by Crippen LogP contribution is 2.43. The van der Waals surface area contributed by atoms with Gasteiger partial charge in [-0.3, -0.25) is 4.68 Å². The second-order valence-electron chi connectivity index (χ2n) is 6.34. The van der Waals surface area contributed by atoms with Crippen LogP contribution in [0.3, 0.4) is 0 Å².